The molecular weight excluding hydrogens is 224 g/mol. The summed E-state index contributed by atoms with van der Waals surface area (Å²) < 4.78 is 0. The Morgan fingerprint density at radius 2 is 2.11 bits per heavy atom. The number of likely N-dealkylation sites (tertiary alicyclic amines) is 1. The van der Waals surface area contributed by atoms with Gasteiger partial charge in [-0.3, -0.25) is 4.90 Å². The van der Waals surface area contributed by atoms with E-state index >= 15 is 0 Å². The van der Waals surface area contributed by atoms with Crippen LogP contribution in [0.15, 0.2) is 30.3 Å². The van der Waals surface area contributed by atoms with Gasteiger partial charge in [0.05, 0.1) is 6.61 Å². The van der Waals surface area contributed by atoms with Crippen LogP contribution in [0.1, 0.15) is 18.4 Å². The predicted octanol–water partition coefficient (Wildman–Crippen LogP) is 1.58. The van der Waals surface area contributed by atoms with Crippen LogP contribution in [0, 0.1) is 0 Å². The predicted molar refractivity (Wildman–Crippen MR) is 74.5 cm³/mol. The number of aliphatic hydroxyl groups is 1. The van der Waals surface area contributed by atoms with E-state index in [1.165, 1.54) is 24.9 Å². The molecular formula is C15H24N2O. The second-order valence-corrected chi connectivity index (χ2v) is 5.24. The summed E-state index contributed by atoms with van der Waals surface area (Å²) in [4.78, 5) is 4.80. The summed E-state index contributed by atoms with van der Waals surface area (Å²) in [7, 11) is 2.09. The monoisotopic (exact) mass is 248 g/mol. The quantitative estimate of drug-likeness (QED) is 0.828. The average Bonchev–Trinajstić information content (AvgIpc) is 2.78. The van der Waals surface area contributed by atoms with Crippen LogP contribution in [0.3, 0.4) is 0 Å². The second kappa shape index (κ2) is 6.88. The summed E-state index contributed by atoms with van der Waals surface area (Å²) in [5.41, 5.74) is 1.40. The van der Waals surface area contributed by atoms with Gasteiger partial charge in [-0.05, 0) is 32.0 Å². The van der Waals surface area contributed by atoms with Crippen LogP contribution in [-0.2, 0) is 6.54 Å². The number of likely N-dealkylation sites (N-methyl/N-ethyl adjacent to an activating group) is 1. The lowest BCUT2D eigenvalue weighted by atomic mass is 10.1. The molecule has 0 amide bonds. The first kappa shape index (κ1) is 13.5. The van der Waals surface area contributed by atoms with Crippen LogP contribution in [-0.4, -0.2) is 54.2 Å². The smallest absolute Gasteiger partial charge is 0.0558 e. The van der Waals surface area contributed by atoms with Gasteiger partial charge in [0.2, 0.25) is 0 Å². The van der Waals surface area contributed by atoms with E-state index < -0.39 is 0 Å². The third-order valence-corrected chi connectivity index (χ3v) is 3.73. The van der Waals surface area contributed by atoms with Crippen molar-refractivity contribution in [2.45, 2.75) is 25.4 Å². The van der Waals surface area contributed by atoms with Crippen molar-refractivity contribution in [3.05, 3.63) is 35.9 Å². The summed E-state index contributed by atoms with van der Waals surface area (Å²) in [6, 6.07) is 11.3. The molecule has 0 bridgehead atoms. The van der Waals surface area contributed by atoms with Crippen molar-refractivity contribution in [2.24, 2.45) is 0 Å². The van der Waals surface area contributed by atoms with Crippen LogP contribution in [0.5, 0.6) is 0 Å². The lowest BCUT2D eigenvalue weighted by Gasteiger charge is -2.28. The van der Waals surface area contributed by atoms with Gasteiger partial charge in [-0.2, -0.15) is 0 Å². The Bertz CT molecular complexity index is 342. The Kier molecular flexibility index (Phi) is 5.17. The second-order valence-electron chi connectivity index (χ2n) is 5.24. The van der Waals surface area contributed by atoms with E-state index in [4.69, 9.17) is 5.11 Å². The normalized spacial score (nSPS) is 20.7. The molecule has 0 unspecified atom stereocenters. The number of hydrogen-bond donors (Lipinski definition) is 1. The summed E-state index contributed by atoms with van der Waals surface area (Å²) in [5, 5.41) is 8.96. The van der Waals surface area contributed by atoms with Crippen molar-refractivity contribution in [1.82, 2.24) is 9.80 Å². The Balaban J connectivity index is 1.87. The van der Waals surface area contributed by atoms with E-state index in [-0.39, 0.29) is 6.61 Å². The zero-order valence-electron chi connectivity index (χ0n) is 11.3. The molecule has 100 valence electrons. The van der Waals surface area contributed by atoms with Gasteiger partial charge in [0.1, 0.15) is 0 Å². The van der Waals surface area contributed by atoms with E-state index in [0.717, 1.165) is 19.6 Å². The van der Waals surface area contributed by atoms with E-state index in [0.29, 0.717) is 6.04 Å². The zero-order valence-corrected chi connectivity index (χ0v) is 11.3. The van der Waals surface area contributed by atoms with Crippen molar-refractivity contribution in [3.63, 3.8) is 0 Å². The Morgan fingerprint density at radius 3 is 2.83 bits per heavy atom. The molecule has 0 aromatic heterocycles. The van der Waals surface area contributed by atoms with Gasteiger partial charge in [0, 0.05) is 25.7 Å². The largest absolute Gasteiger partial charge is 0.395 e. The number of rotatable bonds is 6. The first-order valence-electron chi connectivity index (χ1n) is 6.87. The first-order valence-corrected chi connectivity index (χ1v) is 6.87. The lowest BCUT2D eigenvalue weighted by Crippen LogP contribution is -2.39. The maximum atomic E-state index is 8.96. The Labute approximate surface area is 110 Å². The molecule has 0 radical (unpaired) electrons. The third kappa shape index (κ3) is 3.80. The molecule has 1 heterocycles. The summed E-state index contributed by atoms with van der Waals surface area (Å²) in [5.74, 6) is 0. The summed E-state index contributed by atoms with van der Waals surface area (Å²) in [6.45, 7) is 4.34. The highest BCUT2D eigenvalue weighted by atomic mass is 16.3. The summed E-state index contributed by atoms with van der Waals surface area (Å²) in [6.07, 6.45) is 2.58. The number of benzene rings is 1. The molecule has 1 aromatic carbocycles. The highest BCUT2D eigenvalue weighted by Crippen LogP contribution is 2.20. The molecule has 1 aliphatic rings. The van der Waals surface area contributed by atoms with Crippen LogP contribution < -0.4 is 0 Å². The molecule has 1 aliphatic heterocycles. The number of hydrogen-bond acceptors (Lipinski definition) is 3. The van der Waals surface area contributed by atoms with Crippen molar-refractivity contribution in [3.8, 4) is 0 Å². The van der Waals surface area contributed by atoms with Crippen LogP contribution in [0.25, 0.3) is 0 Å². The highest BCUT2D eigenvalue weighted by Gasteiger charge is 2.25. The van der Waals surface area contributed by atoms with Crippen molar-refractivity contribution < 1.29 is 5.11 Å². The molecule has 18 heavy (non-hydrogen) atoms. The highest BCUT2D eigenvalue weighted by molar-refractivity contribution is 5.14. The molecule has 1 fully saturated rings. The molecule has 1 saturated heterocycles. The van der Waals surface area contributed by atoms with Crippen molar-refractivity contribution in [2.75, 3.05) is 33.3 Å². The lowest BCUT2D eigenvalue weighted by molar-refractivity contribution is 0.162. The molecule has 1 aromatic rings. The minimum absolute atomic E-state index is 0.252. The fourth-order valence-electron chi connectivity index (χ4n) is 2.75. The topological polar surface area (TPSA) is 26.7 Å². The van der Waals surface area contributed by atoms with E-state index in [9.17, 15) is 0 Å². The van der Waals surface area contributed by atoms with Gasteiger partial charge in [-0.15, -0.1) is 0 Å². The Morgan fingerprint density at radius 1 is 1.33 bits per heavy atom. The minimum atomic E-state index is 0.252. The van der Waals surface area contributed by atoms with Crippen molar-refractivity contribution >= 4 is 0 Å². The molecule has 0 aliphatic carbocycles. The van der Waals surface area contributed by atoms with Crippen LogP contribution >= 0.6 is 0 Å². The van der Waals surface area contributed by atoms with Crippen molar-refractivity contribution in [1.29, 1.82) is 0 Å². The van der Waals surface area contributed by atoms with Gasteiger partial charge in [0.15, 0.2) is 0 Å². The number of nitrogens with zero attached hydrogens (tertiary/aromatic N) is 2. The first-order chi connectivity index (χ1) is 8.79. The average molecular weight is 248 g/mol. The Hall–Kier alpha value is -0.900. The zero-order chi connectivity index (χ0) is 12.8. The maximum Gasteiger partial charge on any atom is 0.0558 e. The molecule has 3 nitrogen and oxygen atoms in total. The van der Waals surface area contributed by atoms with E-state index in [1.807, 2.05) is 0 Å². The van der Waals surface area contributed by atoms with Crippen LogP contribution in [0.4, 0.5) is 0 Å². The van der Waals surface area contributed by atoms with Gasteiger partial charge < -0.3 is 10.0 Å². The third-order valence-electron chi connectivity index (χ3n) is 3.73. The molecule has 1 atom stereocenters. The van der Waals surface area contributed by atoms with Crippen LogP contribution in [0.2, 0.25) is 0 Å². The fourth-order valence-corrected chi connectivity index (χ4v) is 2.75. The minimum Gasteiger partial charge on any atom is -0.395 e. The SMILES string of the molecule is CN(CCO)C[C@H]1CCCN1Cc1ccccc1. The molecule has 3 heteroatoms. The fraction of sp³-hybridized carbons (Fsp3) is 0.600. The standard InChI is InChI=1S/C15H24N2O/c1-16(10-11-18)13-15-8-5-9-17(15)12-14-6-3-2-4-7-14/h2-4,6-7,15,18H,5,8-13H2,1H3/t15-/m1/s1. The van der Waals surface area contributed by atoms with Gasteiger partial charge in [-0.25, -0.2) is 0 Å². The van der Waals surface area contributed by atoms with E-state index in [2.05, 4.69) is 47.2 Å². The van der Waals surface area contributed by atoms with Gasteiger partial charge >= 0.3 is 0 Å². The molecule has 2 rings (SSSR count). The summed E-state index contributed by atoms with van der Waals surface area (Å²) >= 11 is 0. The van der Waals surface area contributed by atoms with E-state index in [1.54, 1.807) is 0 Å². The van der Waals surface area contributed by atoms with Gasteiger partial charge in [-0.1, -0.05) is 30.3 Å². The molecule has 0 saturated carbocycles. The number of aliphatic hydroxyl groups excluding tert-OH is 1. The van der Waals surface area contributed by atoms with Gasteiger partial charge in [0.25, 0.3) is 0 Å². The molecule has 1 N–H and O–H groups in total. The molecule has 0 spiro atoms. The maximum absolute atomic E-state index is 8.96.